The van der Waals surface area contributed by atoms with Crippen LogP contribution in [0.15, 0.2) is 194 Å². The Morgan fingerprint density at radius 1 is 0.231 bits per heavy atom. The van der Waals surface area contributed by atoms with E-state index in [1.54, 1.807) is 0 Å². The van der Waals surface area contributed by atoms with Crippen LogP contribution in [-0.2, 0) is 55.8 Å². The number of phosphoric ester groups is 2. The van der Waals surface area contributed by atoms with E-state index in [-0.39, 0.29) is 19.3 Å². The van der Waals surface area contributed by atoms with Gasteiger partial charge in [-0.2, -0.15) is 0 Å². The summed E-state index contributed by atoms with van der Waals surface area (Å²) in [4.78, 5) is 59.1. The van der Waals surface area contributed by atoms with Crippen molar-refractivity contribution in [3.8, 4) is 0 Å². The fourth-order valence-corrected chi connectivity index (χ4v) is 14.3. The number of esters is 3. The summed E-state index contributed by atoms with van der Waals surface area (Å²) >= 11 is 0. The summed E-state index contributed by atoms with van der Waals surface area (Å²) in [5, 5.41) is 20.8. The molecule has 0 aliphatic heterocycles. The van der Waals surface area contributed by atoms with E-state index in [9.17, 15) is 43.5 Å². The average molecular weight is 1730 g/mol. The van der Waals surface area contributed by atoms with Gasteiger partial charge in [-0.1, -0.05) is 395 Å². The fraction of sp³-hybridized carbons (Fsp3) is 0.660. The van der Waals surface area contributed by atoms with E-state index in [4.69, 9.17) is 32.3 Å². The molecule has 0 heterocycles. The minimum Gasteiger partial charge on any atom is -0.463 e. The van der Waals surface area contributed by atoms with Crippen molar-refractivity contribution in [3.63, 3.8) is 0 Å². The molecule has 0 bridgehead atoms. The molecule has 0 aromatic carbocycles. The summed E-state index contributed by atoms with van der Waals surface area (Å²) in [6, 6.07) is 0. The fourth-order valence-electron chi connectivity index (χ4n) is 12.7. The van der Waals surface area contributed by atoms with Crippen molar-refractivity contribution < 1.29 is 75.8 Å². The molecule has 0 aromatic heterocycles. The van der Waals surface area contributed by atoms with Crippen LogP contribution in [0.4, 0.5) is 0 Å². The number of allylic oxidation sites excluding steroid dienone is 32. The maximum Gasteiger partial charge on any atom is 0.472 e. The van der Waals surface area contributed by atoms with Crippen molar-refractivity contribution in [2.75, 3.05) is 39.6 Å². The maximum atomic E-state index is 13.1. The number of aliphatic hydroxyl groups excluding tert-OH is 2. The van der Waals surface area contributed by atoms with Gasteiger partial charge >= 0.3 is 33.6 Å². The zero-order valence-corrected chi connectivity index (χ0v) is 77.9. The molecule has 0 aromatic rings. The Balaban J connectivity index is 4.68. The van der Waals surface area contributed by atoms with Gasteiger partial charge < -0.3 is 34.2 Å². The predicted molar refractivity (Wildman–Crippen MR) is 509 cm³/mol. The molecule has 0 radical (unpaired) electrons. The molecule has 690 valence electrons. The number of hydrogen-bond acceptors (Lipinski definition) is 14. The van der Waals surface area contributed by atoms with E-state index >= 15 is 0 Å². The maximum absolute atomic E-state index is 13.1. The van der Waals surface area contributed by atoms with Crippen LogP contribution in [0.1, 0.15) is 380 Å². The van der Waals surface area contributed by atoms with E-state index < -0.39 is 91.5 Å². The van der Waals surface area contributed by atoms with Crippen molar-refractivity contribution in [1.82, 2.24) is 0 Å². The number of phosphoric acid groups is 2. The normalized spacial score (nSPS) is 14.6. The Hall–Kier alpha value is -5.61. The highest BCUT2D eigenvalue weighted by Gasteiger charge is 2.30. The first kappa shape index (κ1) is 115. The molecule has 18 heteroatoms. The van der Waals surface area contributed by atoms with Crippen LogP contribution in [0, 0.1) is 0 Å². The number of unbranched alkanes of at least 4 members (excludes halogenated alkanes) is 34. The molecule has 0 saturated heterocycles. The van der Waals surface area contributed by atoms with Crippen molar-refractivity contribution in [2.24, 2.45) is 0 Å². The molecule has 5 unspecified atom stereocenters. The van der Waals surface area contributed by atoms with Crippen molar-refractivity contribution in [1.29, 1.82) is 0 Å². The Labute approximate surface area is 737 Å². The van der Waals surface area contributed by atoms with Crippen LogP contribution in [0.2, 0.25) is 0 Å². The molecule has 0 aliphatic carbocycles. The standard InChI is InChI=1S/C103H172O16P2/c1-4-7-10-13-16-19-22-25-28-31-34-37-40-43-46-48-51-53-56-59-62-65-68-71-74-77-80-83-86-89-101(106)113-92-98(104)93-115-120(109,110)116-94-99(105)95-117-121(111,112)118-97-100(119-103(108)91-88-85-82-79-76-73-70-67-64-61-58-55-50-45-42-39-36-33-30-27-24-21-18-15-12-9-6-3)96-114-102(107)90-87-84-81-78-75-72-69-66-63-60-57-54-52-49-47-44-41-38-35-32-29-26-23-20-17-14-11-8-5-2/h7-12,16-21,25-30,34-39,43-47,50-51,53,98-100,104-105H,4-6,13-15,22-24,31-33,40-42,48-49,52,54-97H2,1-3H3,(H,109,110)(H,111,112)/b10-7-,11-8-,12-9-,19-16-,20-17-,21-18-,28-25-,29-26-,30-27-,37-34-,38-35-,39-36-,46-43-,47-44-,50-45-,53-51-. The second-order valence-corrected chi connectivity index (χ2v) is 34.3. The summed E-state index contributed by atoms with van der Waals surface area (Å²) in [5.41, 5.74) is 0. The van der Waals surface area contributed by atoms with Crippen LogP contribution in [-0.4, -0.2) is 95.9 Å². The van der Waals surface area contributed by atoms with Gasteiger partial charge in [0.25, 0.3) is 0 Å². The second kappa shape index (κ2) is 93.5. The minimum absolute atomic E-state index is 0.0949. The lowest BCUT2D eigenvalue weighted by molar-refractivity contribution is -0.161. The third-order valence-electron chi connectivity index (χ3n) is 19.8. The van der Waals surface area contributed by atoms with Gasteiger partial charge in [-0.3, -0.25) is 32.5 Å². The van der Waals surface area contributed by atoms with Crippen LogP contribution in [0.5, 0.6) is 0 Å². The average Bonchev–Trinajstić information content (AvgIpc) is 0.907. The highest BCUT2D eigenvalue weighted by molar-refractivity contribution is 7.47. The topological polar surface area (TPSA) is 231 Å². The Morgan fingerprint density at radius 3 is 0.653 bits per heavy atom. The Morgan fingerprint density at radius 2 is 0.413 bits per heavy atom. The minimum atomic E-state index is -4.95. The first-order valence-corrected chi connectivity index (χ1v) is 50.7. The largest absolute Gasteiger partial charge is 0.472 e. The summed E-state index contributed by atoms with van der Waals surface area (Å²) in [5.74, 6) is -1.58. The van der Waals surface area contributed by atoms with Gasteiger partial charge in [-0.25, -0.2) is 9.13 Å². The quantitative estimate of drug-likeness (QED) is 0.0146. The Kier molecular flexibility index (Phi) is 89.2. The van der Waals surface area contributed by atoms with Gasteiger partial charge in [0, 0.05) is 19.3 Å². The number of rotatable bonds is 89. The molecular formula is C103H172O16P2. The molecule has 0 saturated carbocycles. The van der Waals surface area contributed by atoms with Crippen LogP contribution in [0.3, 0.4) is 0 Å². The number of ether oxygens (including phenoxy) is 3. The highest BCUT2D eigenvalue weighted by Crippen LogP contribution is 2.45. The molecule has 0 spiro atoms. The summed E-state index contributed by atoms with van der Waals surface area (Å²) in [6.07, 6.45) is 125. The number of aliphatic hydroxyl groups is 2. The molecule has 0 amide bonds. The summed E-state index contributed by atoms with van der Waals surface area (Å²) < 4.78 is 61.6. The van der Waals surface area contributed by atoms with Crippen LogP contribution >= 0.6 is 15.6 Å². The number of carbonyl (C=O) groups is 3. The number of carbonyl (C=O) groups excluding carboxylic acids is 3. The predicted octanol–water partition coefficient (Wildman–Crippen LogP) is 29.8. The first-order valence-electron chi connectivity index (χ1n) is 47.7. The van der Waals surface area contributed by atoms with Gasteiger partial charge in [0.1, 0.15) is 25.4 Å². The van der Waals surface area contributed by atoms with Gasteiger partial charge in [0.15, 0.2) is 6.10 Å². The third-order valence-corrected chi connectivity index (χ3v) is 21.7. The van der Waals surface area contributed by atoms with Crippen molar-refractivity contribution in [2.45, 2.75) is 399 Å². The lowest BCUT2D eigenvalue weighted by Gasteiger charge is -2.21. The lowest BCUT2D eigenvalue weighted by Crippen LogP contribution is -2.30. The lowest BCUT2D eigenvalue weighted by atomic mass is 10.0. The second-order valence-electron chi connectivity index (χ2n) is 31.4. The molecule has 0 aliphatic rings. The highest BCUT2D eigenvalue weighted by atomic mass is 31.2. The van der Waals surface area contributed by atoms with Crippen molar-refractivity contribution >= 4 is 33.6 Å². The molecule has 5 atom stereocenters. The van der Waals surface area contributed by atoms with E-state index in [1.165, 1.54) is 122 Å². The summed E-state index contributed by atoms with van der Waals surface area (Å²) in [7, 11) is -9.82. The van der Waals surface area contributed by atoms with E-state index in [2.05, 4.69) is 215 Å². The molecule has 4 N–H and O–H groups in total. The van der Waals surface area contributed by atoms with Crippen LogP contribution in [0.25, 0.3) is 0 Å². The smallest absolute Gasteiger partial charge is 0.463 e. The summed E-state index contributed by atoms with van der Waals surface area (Å²) in [6.45, 7) is 2.38. The van der Waals surface area contributed by atoms with E-state index in [0.717, 1.165) is 199 Å². The van der Waals surface area contributed by atoms with E-state index in [1.807, 2.05) is 0 Å². The molecular weight excluding hydrogens is 1560 g/mol. The monoisotopic (exact) mass is 1730 g/mol. The van der Waals surface area contributed by atoms with Gasteiger partial charge in [0.2, 0.25) is 0 Å². The van der Waals surface area contributed by atoms with Crippen molar-refractivity contribution in [3.05, 3.63) is 194 Å². The molecule has 121 heavy (non-hydrogen) atoms. The SMILES string of the molecule is CC/C=C\C/C=C\C/C=C\C/C=C\C/C=C\C/C=C\CCCCCCCCCCCCC(=O)OCC(O)COP(=O)(O)OCC(O)COP(=O)(O)OCC(COC(=O)CCCCCCCCCCCCCCC/C=C\C/C=C\C/C=C\C/C=C\C/C=C\CC)OC(=O)CCCCCCCCCCCCC/C=C\C/C=C\C/C=C\C/C=C\C/C=C\CC. The van der Waals surface area contributed by atoms with E-state index in [0.29, 0.717) is 19.3 Å². The zero-order valence-electron chi connectivity index (χ0n) is 76.1. The van der Waals surface area contributed by atoms with Gasteiger partial charge in [0.05, 0.1) is 26.4 Å². The van der Waals surface area contributed by atoms with Crippen LogP contribution < -0.4 is 0 Å². The molecule has 0 rings (SSSR count). The number of hydrogen-bond donors (Lipinski definition) is 4. The third kappa shape index (κ3) is 94.9. The zero-order chi connectivity index (χ0) is 87.9. The molecule has 16 nitrogen and oxygen atoms in total. The molecule has 0 fully saturated rings. The van der Waals surface area contributed by atoms with Gasteiger partial charge in [-0.15, -0.1) is 0 Å². The van der Waals surface area contributed by atoms with Gasteiger partial charge in [-0.05, 0) is 161 Å². The Bertz CT molecular complexity index is 2980. The first-order chi connectivity index (χ1) is 59.2.